The minimum Gasteiger partial charge on any atom is -0.367 e. The normalized spacial score (nSPS) is 15.0. The summed E-state index contributed by atoms with van der Waals surface area (Å²) in [5, 5.41) is 8.03. The van der Waals surface area contributed by atoms with Gasteiger partial charge in [-0.1, -0.05) is 28.9 Å². The van der Waals surface area contributed by atoms with E-state index in [1.165, 1.54) is 0 Å². The monoisotopic (exact) mass is 490 g/mol. The highest BCUT2D eigenvalue weighted by molar-refractivity contribution is 14.0. The molecule has 0 atom stereocenters. The van der Waals surface area contributed by atoms with Gasteiger partial charge in [-0.15, -0.1) is 24.0 Å². The number of hydrogen-bond donors (Lipinski definition) is 1. The number of nitrogens with one attached hydrogen (secondary N) is 1. The van der Waals surface area contributed by atoms with Crippen LogP contribution in [0.1, 0.15) is 18.6 Å². The third-order valence-electron chi connectivity index (χ3n) is 4.05. The molecule has 1 aromatic heterocycles. The lowest BCUT2D eigenvalue weighted by Crippen LogP contribution is -2.52. The highest BCUT2D eigenvalue weighted by atomic mass is 127. The van der Waals surface area contributed by atoms with Gasteiger partial charge < -0.3 is 19.6 Å². The third kappa shape index (κ3) is 5.23. The number of halogens is 2. The Bertz CT molecular complexity index is 730. The Morgan fingerprint density at radius 2 is 2.00 bits per heavy atom. The molecule has 0 unspecified atom stereocenters. The molecule has 9 heteroatoms. The van der Waals surface area contributed by atoms with E-state index in [0.717, 1.165) is 49.4 Å². The molecular weight excluding hydrogens is 467 g/mol. The Labute approximate surface area is 175 Å². The fourth-order valence-corrected chi connectivity index (χ4v) is 3.10. The molecule has 1 fully saturated rings. The molecule has 2 heterocycles. The SMILES string of the molecule is CCNC(=NCc1noc(C)n1)N1CCN(c2ccccc2Cl)CC1.I. The second kappa shape index (κ2) is 9.96. The fraction of sp³-hybridized carbons (Fsp3) is 0.471. The summed E-state index contributed by atoms with van der Waals surface area (Å²) in [5.41, 5.74) is 1.09. The predicted octanol–water partition coefficient (Wildman–Crippen LogP) is 2.94. The van der Waals surface area contributed by atoms with E-state index in [4.69, 9.17) is 16.1 Å². The van der Waals surface area contributed by atoms with Gasteiger partial charge in [0.1, 0.15) is 6.54 Å². The average Bonchev–Trinajstić information content (AvgIpc) is 3.05. The molecule has 142 valence electrons. The van der Waals surface area contributed by atoms with Crippen LogP contribution in [-0.4, -0.2) is 53.7 Å². The third-order valence-corrected chi connectivity index (χ3v) is 4.37. The van der Waals surface area contributed by atoms with Crippen molar-refractivity contribution in [1.29, 1.82) is 0 Å². The molecule has 3 rings (SSSR count). The van der Waals surface area contributed by atoms with Crippen molar-refractivity contribution in [2.75, 3.05) is 37.6 Å². The predicted molar refractivity (Wildman–Crippen MR) is 115 cm³/mol. The number of anilines is 1. The summed E-state index contributed by atoms with van der Waals surface area (Å²) in [6.07, 6.45) is 0. The van der Waals surface area contributed by atoms with E-state index in [9.17, 15) is 0 Å². The maximum absolute atomic E-state index is 6.31. The Morgan fingerprint density at radius 1 is 1.27 bits per heavy atom. The van der Waals surface area contributed by atoms with Gasteiger partial charge in [-0.05, 0) is 19.1 Å². The van der Waals surface area contributed by atoms with Gasteiger partial charge in [-0.2, -0.15) is 4.98 Å². The molecule has 1 aromatic carbocycles. The Kier molecular flexibility index (Phi) is 7.95. The number of guanidine groups is 1. The first-order chi connectivity index (χ1) is 12.2. The number of nitrogens with zero attached hydrogens (tertiary/aromatic N) is 5. The van der Waals surface area contributed by atoms with Crippen LogP contribution in [0.2, 0.25) is 5.02 Å². The molecular formula is C17H24ClIN6O. The Hall–Kier alpha value is -1.55. The van der Waals surface area contributed by atoms with E-state index in [1.807, 2.05) is 18.2 Å². The van der Waals surface area contributed by atoms with Crippen LogP contribution >= 0.6 is 35.6 Å². The minimum absolute atomic E-state index is 0. The smallest absolute Gasteiger partial charge is 0.223 e. The zero-order valence-corrected chi connectivity index (χ0v) is 18.1. The molecule has 1 saturated heterocycles. The summed E-state index contributed by atoms with van der Waals surface area (Å²) in [4.78, 5) is 13.4. The first-order valence-corrected chi connectivity index (χ1v) is 8.87. The van der Waals surface area contributed by atoms with Gasteiger partial charge in [0.05, 0.1) is 10.7 Å². The van der Waals surface area contributed by atoms with Crippen molar-refractivity contribution >= 4 is 47.2 Å². The molecule has 0 bridgehead atoms. The van der Waals surface area contributed by atoms with Gasteiger partial charge in [-0.3, -0.25) is 0 Å². The number of aryl methyl sites for hydroxylation is 1. The van der Waals surface area contributed by atoms with E-state index in [1.54, 1.807) is 6.92 Å². The largest absolute Gasteiger partial charge is 0.367 e. The Morgan fingerprint density at radius 3 is 2.62 bits per heavy atom. The van der Waals surface area contributed by atoms with Crippen LogP contribution < -0.4 is 10.2 Å². The lowest BCUT2D eigenvalue weighted by molar-refractivity contribution is 0.371. The van der Waals surface area contributed by atoms with Crippen LogP contribution in [0.5, 0.6) is 0 Å². The molecule has 0 spiro atoms. The van der Waals surface area contributed by atoms with Crippen molar-refractivity contribution in [3.63, 3.8) is 0 Å². The second-order valence-electron chi connectivity index (χ2n) is 5.83. The maximum atomic E-state index is 6.31. The molecule has 0 amide bonds. The summed E-state index contributed by atoms with van der Waals surface area (Å²) < 4.78 is 4.99. The first kappa shape index (κ1) is 20.8. The Balaban J connectivity index is 0.00000243. The van der Waals surface area contributed by atoms with Crippen molar-refractivity contribution in [2.24, 2.45) is 4.99 Å². The summed E-state index contributed by atoms with van der Waals surface area (Å²) >= 11 is 6.31. The van der Waals surface area contributed by atoms with Crippen LogP contribution in [-0.2, 0) is 6.54 Å². The molecule has 0 radical (unpaired) electrons. The maximum Gasteiger partial charge on any atom is 0.223 e. The van der Waals surface area contributed by atoms with Crippen LogP contribution in [0.3, 0.4) is 0 Å². The number of hydrogen-bond acceptors (Lipinski definition) is 5. The number of aliphatic imine (C=N–C) groups is 1. The summed E-state index contributed by atoms with van der Waals surface area (Å²) in [7, 11) is 0. The number of para-hydroxylation sites is 1. The van der Waals surface area contributed by atoms with Crippen LogP contribution in [0.4, 0.5) is 5.69 Å². The van der Waals surface area contributed by atoms with Gasteiger partial charge in [0.15, 0.2) is 11.8 Å². The van der Waals surface area contributed by atoms with E-state index in [-0.39, 0.29) is 24.0 Å². The number of benzene rings is 1. The lowest BCUT2D eigenvalue weighted by atomic mass is 10.2. The zero-order valence-electron chi connectivity index (χ0n) is 15.0. The molecule has 0 saturated carbocycles. The van der Waals surface area contributed by atoms with E-state index < -0.39 is 0 Å². The number of piperazine rings is 1. The minimum atomic E-state index is 0. The highest BCUT2D eigenvalue weighted by Crippen LogP contribution is 2.26. The summed E-state index contributed by atoms with van der Waals surface area (Å²) in [6, 6.07) is 7.97. The van der Waals surface area contributed by atoms with Crippen molar-refractivity contribution in [1.82, 2.24) is 20.4 Å². The number of rotatable bonds is 4. The molecule has 2 aromatic rings. The van der Waals surface area contributed by atoms with E-state index >= 15 is 0 Å². The van der Waals surface area contributed by atoms with Crippen molar-refractivity contribution in [3.8, 4) is 0 Å². The van der Waals surface area contributed by atoms with E-state index in [2.05, 4.69) is 43.2 Å². The lowest BCUT2D eigenvalue weighted by Gasteiger charge is -2.38. The van der Waals surface area contributed by atoms with Crippen molar-refractivity contribution in [2.45, 2.75) is 20.4 Å². The van der Waals surface area contributed by atoms with Crippen LogP contribution in [0, 0.1) is 6.92 Å². The fourth-order valence-electron chi connectivity index (χ4n) is 2.84. The van der Waals surface area contributed by atoms with Gasteiger partial charge in [0.2, 0.25) is 5.89 Å². The molecule has 26 heavy (non-hydrogen) atoms. The first-order valence-electron chi connectivity index (χ1n) is 8.49. The second-order valence-corrected chi connectivity index (χ2v) is 6.23. The standard InChI is InChI=1S/C17H23ClN6O.HI/c1-3-19-17(20-12-16-21-13(2)25-22-16)24-10-8-23(9-11-24)15-7-5-4-6-14(15)18;/h4-7H,3,8-12H2,1-2H3,(H,19,20);1H. The van der Waals surface area contributed by atoms with Gasteiger partial charge in [0.25, 0.3) is 0 Å². The van der Waals surface area contributed by atoms with Crippen molar-refractivity contribution in [3.05, 3.63) is 41.0 Å². The zero-order chi connectivity index (χ0) is 17.6. The molecule has 1 N–H and O–H groups in total. The molecule has 0 aliphatic carbocycles. The highest BCUT2D eigenvalue weighted by Gasteiger charge is 2.21. The number of aromatic nitrogens is 2. The molecule has 1 aliphatic heterocycles. The van der Waals surface area contributed by atoms with Crippen LogP contribution in [0.25, 0.3) is 0 Å². The molecule has 1 aliphatic rings. The molecule has 7 nitrogen and oxygen atoms in total. The average molecular weight is 491 g/mol. The van der Waals surface area contributed by atoms with Gasteiger partial charge in [0, 0.05) is 39.6 Å². The quantitative estimate of drug-likeness (QED) is 0.404. The van der Waals surface area contributed by atoms with Gasteiger partial charge >= 0.3 is 0 Å². The summed E-state index contributed by atoms with van der Waals surface area (Å²) in [6.45, 7) is 8.61. The van der Waals surface area contributed by atoms with Crippen LogP contribution in [0.15, 0.2) is 33.8 Å². The van der Waals surface area contributed by atoms with Gasteiger partial charge in [-0.25, -0.2) is 4.99 Å². The van der Waals surface area contributed by atoms with Crippen molar-refractivity contribution < 1.29 is 4.52 Å². The topological polar surface area (TPSA) is 69.8 Å². The summed E-state index contributed by atoms with van der Waals surface area (Å²) in [5.74, 6) is 2.04. The van der Waals surface area contributed by atoms with E-state index in [0.29, 0.717) is 18.3 Å².